The smallest absolute Gasteiger partial charge is 0.429 e. The van der Waals surface area contributed by atoms with Crippen molar-refractivity contribution in [1.29, 1.82) is 0 Å². The minimum atomic E-state index is -0.451. The van der Waals surface area contributed by atoms with E-state index in [0.717, 1.165) is 19.3 Å². The van der Waals surface area contributed by atoms with Crippen molar-refractivity contribution < 1.29 is 19.1 Å². The highest BCUT2D eigenvalue weighted by Gasteiger charge is 2.50. The van der Waals surface area contributed by atoms with E-state index in [4.69, 9.17) is 9.47 Å². The molecule has 0 spiro atoms. The quantitative estimate of drug-likeness (QED) is 0.740. The summed E-state index contributed by atoms with van der Waals surface area (Å²) in [5, 5.41) is 2.85. The average molecular weight is 242 g/mol. The Labute approximate surface area is 100 Å². The van der Waals surface area contributed by atoms with Crippen LogP contribution in [0.15, 0.2) is 0 Å². The van der Waals surface area contributed by atoms with Crippen molar-refractivity contribution >= 4 is 12.2 Å². The van der Waals surface area contributed by atoms with Crippen molar-refractivity contribution in [3.05, 3.63) is 0 Å². The van der Waals surface area contributed by atoms with Crippen LogP contribution in [0.1, 0.15) is 33.1 Å². The highest BCUT2D eigenvalue weighted by Crippen LogP contribution is 2.38. The molecule has 2 amide bonds. The SMILES string of the molecule is CCOC(=O)N1C2CCC(C2)N1C(=O)OCC. The summed E-state index contributed by atoms with van der Waals surface area (Å²) in [5.74, 6) is 0. The summed E-state index contributed by atoms with van der Waals surface area (Å²) in [7, 11) is 0. The normalized spacial score (nSPS) is 26.2. The largest absolute Gasteiger partial charge is 0.448 e. The predicted octanol–water partition coefficient (Wildman–Crippen LogP) is 1.75. The number of hydrogen-bond acceptors (Lipinski definition) is 4. The Bertz CT molecular complexity index is 291. The maximum Gasteiger partial charge on any atom is 0.429 e. The topological polar surface area (TPSA) is 59.1 Å². The van der Waals surface area contributed by atoms with Crippen LogP contribution in [0.4, 0.5) is 9.59 Å². The number of carbonyl (C=O) groups excluding carboxylic acids is 2. The number of amides is 2. The Morgan fingerprint density at radius 1 is 1.00 bits per heavy atom. The molecule has 1 saturated carbocycles. The number of nitrogens with zero attached hydrogens (tertiary/aromatic N) is 2. The summed E-state index contributed by atoms with van der Waals surface area (Å²) in [6, 6.07) is 0.173. The summed E-state index contributed by atoms with van der Waals surface area (Å²) in [6.45, 7) is 4.12. The Hall–Kier alpha value is -1.46. The first-order chi connectivity index (χ1) is 8.19. The van der Waals surface area contributed by atoms with E-state index in [1.165, 1.54) is 10.0 Å². The van der Waals surface area contributed by atoms with Crippen LogP contribution in [0.5, 0.6) is 0 Å². The Kier molecular flexibility index (Phi) is 3.40. The summed E-state index contributed by atoms with van der Waals surface area (Å²) < 4.78 is 9.95. The molecule has 1 aliphatic heterocycles. The van der Waals surface area contributed by atoms with Gasteiger partial charge in [-0.15, -0.1) is 0 Å². The first-order valence-electron chi connectivity index (χ1n) is 6.10. The monoisotopic (exact) mass is 242 g/mol. The first kappa shape index (κ1) is 12.0. The fourth-order valence-electron chi connectivity index (χ4n) is 2.58. The van der Waals surface area contributed by atoms with Crippen LogP contribution >= 0.6 is 0 Å². The highest BCUT2D eigenvalue weighted by atomic mass is 16.6. The molecule has 0 N–H and O–H groups in total. The maximum atomic E-state index is 11.8. The van der Waals surface area contributed by atoms with Gasteiger partial charge >= 0.3 is 12.2 Å². The highest BCUT2D eigenvalue weighted by molar-refractivity contribution is 5.76. The molecule has 2 unspecified atom stereocenters. The van der Waals surface area contributed by atoms with Crippen molar-refractivity contribution in [2.75, 3.05) is 13.2 Å². The second-order valence-corrected chi connectivity index (χ2v) is 4.21. The van der Waals surface area contributed by atoms with Crippen LogP contribution in [0.25, 0.3) is 0 Å². The van der Waals surface area contributed by atoms with E-state index in [1.807, 2.05) is 0 Å². The van der Waals surface area contributed by atoms with Gasteiger partial charge in [0.1, 0.15) is 0 Å². The fraction of sp³-hybridized carbons (Fsp3) is 0.818. The van der Waals surface area contributed by atoms with Crippen LogP contribution in [0.2, 0.25) is 0 Å². The molecule has 17 heavy (non-hydrogen) atoms. The number of hydrogen-bond donors (Lipinski definition) is 0. The van der Waals surface area contributed by atoms with E-state index in [0.29, 0.717) is 13.2 Å². The van der Waals surface area contributed by atoms with Gasteiger partial charge in [0.25, 0.3) is 0 Å². The Morgan fingerprint density at radius 3 is 1.76 bits per heavy atom. The fourth-order valence-corrected chi connectivity index (χ4v) is 2.58. The molecule has 6 nitrogen and oxygen atoms in total. The average Bonchev–Trinajstić information content (AvgIpc) is 2.89. The van der Waals surface area contributed by atoms with E-state index in [1.54, 1.807) is 13.8 Å². The Balaban J connectivity index is 2.11. The van der Waals surface area contributed by atoms with E-state index in [-0.39, 0.29) is 12.1 Å². The van der Waals surface area contributed by atoms with Gasteiger partial charge in [-0.1, -0.05) is 0 Å². The molecule has 1 saturated heterocycles. The molecule has 6 heteroatoms. The first-order valence-corrected chi connectivity index (χ1v) is 6.10. The molecule has 2 bridgehead atoms. The van der Waals surface area contributed by atoms with Crippen LogP contribution in [-0.2, 0) is 9.47 Å². The lowest BCUT2D eigenvalue weighted by Gasteiger charge is -2.35. The van der Waals surface area contributed by atoms with Gasteiger partial charge in [0, 0.05) is 0 Å². The van der Waals surface area contributed by atoms with Crippen LogP contribution < -0.4 is 0 Å². The van der Waals surface area contributed by atoms with Gasteiger partial charge in [-0.3, -0.25) is 0 Å². The third kappa shape index (κ3) is 2.03. The van der Waals surface area contributed by atoms with Crippen molar-refractivity contribution in [3.63, 3.8) is 0 Å². The molecule has 2 atom stereocenters. The number of rotatable bonds is 2. The summed E-state index contributed by atoms with van der Waals surface area (Å²) in [4.78, 5) is 23.6. The van der Waals surface area contributed by atoms with Crippen molar-refractivity contribution in [2.45, 2.75) is 45.2 Å². The van der Waals surface area contributed by atoms with Gasteiger partial charge in [-0.25, -0.2) is 19.6 Å². The van der Waals surface area contributed by atoms with Gasteiger partial charge < -0.3 is 9.47 Å². The summed E-state index contributed by atoms with van der Waals surface area (Å²) in [5.41, 5.74) is 0. The molecule has 1 aliphatic carbocycles. The van der Waals surface area contributed by atoms with Gasteiger partial charge in [0.2, 0.25) is 0 Å². The summed E-state index contributed by atoms with van der Waals surface area (Å²) >= 11 is 0. The molecular formula is C11H18N2O4. The molecule has 2 rings (SSSR count). The second kappa shape index (κ2) is 4.81. The molecule has 0 radical (unpaired) electrons. The molecule has 96 valence electrons. The molecule has 2 aliphatic rings. The summed E-state index contributed by atoms with van der Waals surface area (Å²) in [6.07, 6.45) is 1.79. The number of carbonyl (C=O) groups is 2. The van der Waals surface area contributed by atoms with Crippen molar-refractivity contribution in [1.82, 2.24) is 10.0 Å². The zero-order chi connectivity index (χ0) is 12.4. The standard InChI is InChI=1S/C11H18N2O4/c1-3-16-10(14)12-8-5-6-9(7-8)13(12)11(15)17-4-2/h8-9H,3-7H2,1-2H3. The zero-order valence-corrected chi connectivity index (χ0v) is 10.2. The predicted molar refractivity (Wildman–Crippen MR) is 59.1 cm³/mol. The van der Waals surface area contributed by atoms with Crippen LogP contribution in [-0.4, -0.2) is 47.5 Å². The lowest BCUT2D eigenvalue weighted by atomic mass is 10.2. The van der Waals surface area contributed by atoms with Gasteiger partial charge in [0.15, 0.2) is 0 Å². The van der Waals surface area contributed by atoms with Crippen LogP contribution in [0, 0.1) is 0 Å². The van der Waals surface area contributed by atoms with E-state index in [2.05, 4.69) is 0 Å². The second-order valence-electron chi connectivity index (χ2n) is 4.21. The molecule has 0 aromatic heterocycles. The number of fused-ring (bicyclic) bond motifs is 2. The van der Waals surface area contributed by atoms with Gasteiger partial charge in [-0.2, -0.15) is 0 Å². The number of hydrazine groups is 1. The van der Waals surface area contributed by atoms with Crippen LogP contribution in [0.3, 0.4) is 0 Å². The van der Waals surface area contributed by atoms with E-state index >= 15 is 0 Å². The lowest BCUT2D eigenvalue weighted by molar-refractivity contribution is -0.0378. The molecule has 1 heterocycles. The van der Waals surface area contributed by atoms with Crippen molar-refractivity contribution in [3.8, 4) is 0 Å². The zero-order valence-electron chi connectivity index (χ0n) is 10.2. The lowest BCUT2D eigenvalue weighted by Crippen LogP contribution is -2.53. The van der Waals surface area contributed by atoms with Gasteiger partial charge in [-0.05, 0) is 33.1 Å². The number of ether oxygens (including phenoxy) is 2. The van der Waals surface area contributed by atoms with Crippen molar-refractivity contribution in [2.24, 2.45) is 0 Å². The Morgan fingerprint density at radius 2 is 1.41 bits per heavy atom. The van der Waals surface area contributed by atoms with E-state index < -0.39 is 12.2 Å². The minimum Gasteiger partial charge on any atom is -0.448 e. The minimum absolute atomic E-state index is 0.0865. The van der Waals surface area contributed by atoms with E-state index in [9.17, 15) is 9.59 Å². The van der Waals surface area contributed by atoms with Gasteiger partial charge in [0.05, 0.1) is 25.3 Å². The maximum absolute atomic E-state index is 11.8. The molecule has 2 fully saturated rings. The molecule has 0 aromatic carbocycles. The third-order valence-electron chi connectivity index (χ3n) is 3.21. The molecule has 0 aromatic rings. The molecular weight excluding hydrogens is 224 g/mol. The third-order valence-corrected chi connectivity index (χ3v) is 3.21.